The summed E-state index contributed by atoms with van der Waals surface area (Å²) in [5, 5.41) is 1.99. The summed E-state index contributed by atoms with van der Waals surface area (Å²) in [5.74, 6) is 0.845. The first-order chi connectivity index (χ1) is 11.8. The molecule has 0 spiro atoms. The van der Waals surface area contributed by atoms with E-state index in [1.54, 1.807) is 11.3 Å². The van der Waals surface area contributed by atoms with E-state index in [1.165, 1.54) is 24.8 Å². The molecule has 0 saturated carbocycles. The summed E-state index contributed by atoms with van der Waals surface area (Å²) >= 11 is 1.55. The molecule has 3 heterocycles. The Labute approximate surface area is 147 Å². The average Bonchev–Trinajstić information content (AvgIpc) is 3.25. The maximum Gasteiger partial charge on any atom is 0.263 e. The first-order valence-corrected chi connectivity index (χ1v) is 9.80. The molecule has 2 saturated heterocycles. The third-order valence-corrected chi connectivity index (χ3v) is 6.25. The number of likely N-dealkylation sites (tertiary alicyclic amines) is 2. The molecule has 2 fully saturated rings. The molecule has 126 valence electrons. The lowest BCUT2D eigenvalue weighted by Gasteiger charge is -2.30. The summed E-state index contributed by atoms with van der Waals surface area (Å²) in [6, 6.07) is 15.2. The fourth-order valence-electron chi connectivity index (χ4n) is 4.17. The van der Waals surface area contributed by atoms with Crippen molar-refractivity contribution in [2.24, 2.45) is 5.92 Å². The predicted octanol–water partition coefficient (Wildman–Crippen LogP) is 3.87. The van der Waals surface area contributed by atoms with E-state index in [1.807, 2.05) is 17.5 Å². The van der Waals surface area contributed by atoms with E-state index >= 15 is 0 Å². The summed E-state index contributed by atoms with van der Waals surface area (Å²) < 4.78 is 0. The molecule has 0 radical (unpaired) electrons. The van der Waals surface area contributed by atoms with Gasteiger partial charge in [-0.2, -0.15) is 0 Å². The lowest BCUT2D eigenvalue weighted by atomic mass is 9.98. The Morgan fingerprint density at radius 2 is 1.96 bits per heavy atom. The molecule has 0 N–H and O–H groups in total. The van der Waals surface area contributed by atoms with Crippen LogP contribution in [0.2, 0.25) is 0 Å². The number of fused-ring (bicyclic) bond motifs is 1. The summed E-state index contributed by atoms with van der Waals surface area (Å²) in [6.07, 6.45) is 3.82. The normalized spacial score (nSPS) is 24.6. The minimum Gasteiger partial charge on any atom is -0.336 e. The van der Waals surface area contributed by atoms with Gasteiger partial charge in [0.15, 0.2) is 0 Å². The maximum atomic E-state index is 12.7. The molecule has 2 atom stereocenters. The third-order valence-electron chi connectivity index (χ3n) is 5.39. The SMILES string of the molecule is O=C(c1cccs1)N1C[C@@H]2CCCCN(Cc3ccccc3)[C@@H]2C1. The van der Waals surface area contributed by atoms with Gasteiger partial charge >= 0.3 is 0 Å². The highest BCUT2D eigenvalue weighted by molar-refractivity contribution is 7.12. The molecule has 2 aromatic rings. The van der Waals surface area contributed by atoms with E-state index in [9.17, 15) is 4.79 Å². The van der Waals surface area contributed by atoms with Gasteiger partial charge in [-0.3, -0.25) is 9.69 Å². The number of carbonyl (C=O) groups is 1. The van der Waals surface area contributed by atoms with Crippen LogP contribution in [0.15, 0.2) is 47.8 Å². The second-order valence-corrected chi connectivity index (χ2v) is 7.91. The molecule has 4 heteroatoms. The van der Waals surface area contributed by atoms with E-state index < -0.39 is 0 Å². The molecular weight excluding hydrogens is 316 g/mol. The standard InChI is InChI=1S/C20H24N2OS/c23-20(19-10-6-12-24-19)22-14-17-9-4-5-11-21(18(17)15-22)13-16-7-2-1-3-8-16/h1-3,6-8,10,12,17-18H,4-5,9,11,13-15H2/t17-,18+/m0/s1. The summed E-state index contributed by atoms with van der Waals surface area (Å²) in [6.45, 7) is 3.96. The van der Waals surface area contributed by atoms with Crippen LogP contribution in [0.4, 0.5) is 0 Å². The van der Waals surface area contributed by atoms with Crippen LogP contribution in [0.5, 0.6) is 0 Å². The van der Waals surface area contributed by atoms with E-state index in [0.717, 1.165) is 31.1 Å². The first-order valence-electron chi connectivity index (χ1n) is 8.92. The third kappa shape index (κ3) is 3.26. The van der Waals surface area contributed by atoms with Gasteiger partial charge in [0.25, 0.3) is 5.91 Å². The number of hydrogen-bond acceptors (Lipinski definition) is 3. The molecule has 2 aliphatic rings. The lowest BCUT2D eigenvalue weighted by molar-refractivity contribution is 0.0778. The van der Waals surface area contributed by atoms with Crippen molar-refractivity contribution in [2.75, 3.05) is 19.6 Å². The van der Waals surface area contributed by atoms with Crippen LogP contribution in [0, 0.1) is 5.92 Å². The summed E-state index contributed by atoms with van der Waals surface area (Å²) in [4.78, 5) is 18.3. The minimum absolute atomic E-state index is 0.220. The molecule has 0 aliphatic carbocycles. The average molecular weight is 340 g/mol. The monoisotopic (exact) mass is 340 g/mol. The molecule has 3 nitrogen and oxygen atoms in total. The second-order valence-electron chi connectivity index (χ2n) is 6.97. The topological polar surface area (TPSA) is 23.6 Å². The second kappa shape index (κ2) is 7.08. The van der Waals surface area contributed by atoms with Crippen LogP contribution < -0.4 is 0 Å². The Hall–Kier alpha value is -1.65. The molecular formula is C20H24N2OS. The van der Waals surface area contributed by atoms with Gasteiger partial charge < -0.3 is 4.90 Å². The van der Waals surface area contributed by atoms with Gasteiger partial charge in [-0.05, 0) is 42.3 Å². The van der Waals surface area contributed by atoms with Crippen molar-refractivity contribution in [2.45, 2.75) is 31.8 Å². The highest BCUT2D eigenvalue weighted by atomic mass is 32.1. The molecule has 0 bridgehead atoms. The van der Waals surface area contributed by atoms with Crippen LogP contribution in [-0.2, 0) is 6.54 Å². The largest absolute Gasteiger partial charge is 0.336 e. The lowest BCUT2D eigenvalue weighted by Crippen LogP contribution is -2.40. The zero-order valence-corrected chi connectivity index (χ0v) is 14.8. The van der Waals surface area contributed by atoms with Crippen LogP contribution in [0.3, 0.4) is 0 Å². The Kier molecular flexibility index (Phi) is 4.67. The van der Waals surface area contributed by atoms with E-state index in [-0.39, 0.29) is 5.91 Å². The highest BCUT2D eigenvalue weighted by Crippen LogP contribution is 2.32. The van der Waals surface area contributed by atoms with Crippen molar-refractivity contribution in [3.05, 3.63) is 58.3 Å². The molecule has 1 amide bonds. The van der Waals surface area contributed by atoms with Crippen molar-refractivity contribution in [1.82, 2.24) is 9.80 Å². The van der Waals surface area contributed by atoms with E-state index in [4.69, 9.17) is 0 Å². The van der Waals surface area contributed by atoms with Crippen molar-refractivity contribution in [3.63, 3.8) is 0 Å². The first kappa shape index (κ1) is 15.9. The smallest absolute Gasteiger partial charge is 0.263 e. The van der Waals surface area contributed by atoms with Gasteiger partial charge in [-0.25, -0.2) is 0 Å². The van der Waals surface area contributed by atoms with Gasteiger partial charge in [0, 0.05) is 25.7 Å². The zero-order valence-electron chi connectivity index (χ0n) is 13.9. The highest BCUT2D eigenvalue weighted by Gasteiger charge is 2.39. The summed E-state index contributed by atoms with van der Waals surface area (Å²) in [5.41, 5.74) is 1.38. The number of rotatable bonds is 3. The Morgan fingerprint density at radius 1 is 1.08 bits per heavy atom. The van der Waals surface area contributed by atoms with Gasteiger partial charge in [0.05, 0.1) is 4.88 Å². The van der Waals surface area contributed by atoms with Gasteiger partial charge in [0.1, 0.15) is 0 Å². The number of hydrogen-bond donors (Lipinski definition) is 0. The quantitative estimate of drug-likeness (QED) is 0.847. The number of benzene rings is 1. The molecule has 2 aliphatic heterocycles. The molecule has 24 heavy (non-hydrogen) atoms. The van der Waals surface area contributed by atoms with Crippen LogP contribution >= 0.6 is 11.3 Å². The fourth-order valence-corrected chi connectivity index (χ4v) is 4.87. The van der Waals surface area contributed by atoms with Crippen LogP contribution in [0.1, 0.15) is 34.5 Å². The van der Waals surface area contributed by atoms with Gasteiger partial charge in [-0.15, -0.1) is 11.3 Å². The minimum atomic E-state index is 0.220. The Bertz CT molecular complexity index is 670. The molecule has 0 unspecified atom stereocenters. The number of carbonyl (C=O) groups excluding carboxylic acids is 1. The van der Waals surface area contributed by atoms with E-state index in [2.05, 4.69) is 40.1 Å². The Morgan fingerprint density at radius 3 is 2.75 bits per heavy atom. The Balaban J connectivity index is 1.49. The molecule has 1 aromatic carbocycles. The number of nitrogens with zero attached hydrogens (tertiary/aromatic N) is 2. The van der Waals surface area contributed by atoms with Crippen LogP contribution in [0.25, 0.3) is 0 Å². The molecule has 1 aromatic heterocycles. The molecule has 4 rings (SSSR count). The zero-order chi connectivity index (χ0) is 16.4. The predicted molar refractivity (Wildman–Crippen MR) is 98.2 cm³/mol. The van der Waals surface area contributed by atoms with Crippen molar-refractivity contribution in [1.29, 1.82) is 0 Å². The van der Waals surface area contributed by atoms with Crippen molar-refractivity contribution in [3.8, 4) is 0 Å². The van der Waals surface area contributed by atoms with Gasteiger partial charge in [-0.1, -0.05) is 42.8 Å². The van der Waals surface area contributed by atoms with Crippen LogP contribution in [-0.4, -0.2) is 41.4 Å². The fraction of sp³-hybridized carbons (Fsp3) is 0.450. The van der Waals surface area contributed by atoms with Gasteiger partial charge in [0.2, 0.25) is 0 Å². The summed E-state index contributed by atoms with van der Waals surface area (Å²) in [7, 11) is 0. The number of thiophene rings is 1. The van der Waals surface area contributed by atoms with E-state index in [0.29, 0.717) is 12.0 Å². The number of amides is 1. The van der Waals surface area contributed by atoms with Crippen molar-refractivity contribution >= 4 is 17.2 Å². The van der Waals surface area contributed by atoms with Crippen molar-refractivity contribution < 1.29 is 4.79 Å². The maximum absolute atomic E-state index is 12.7.